The molecular formula is C17H17Br2F. The molecule has 3 heteroatoms. The van der Waals surface area contributed by atoms with Gasteiger partial charge < -0.3 is 0 Å². The van der Waals surface area contributed by atoms with Gasteiger partial charge in [0.1, 0.15) is 5.82 Å². The second-order valence-electron chi connectivity index (χ2n) is 5.37. The SMILES string of the molecule is CC(C)Cc1ccc(C(Br)c2cc(Br)ccc2F)cc1. The van der Waals surface area contributed by atoms with Crippen molar-refractivity contribution in [3.8, 4) is 0 Å². The summed E-state index contributed by atoms with van der Waals surface area (Å²) in [6.07, 6.45) is 1.07. The van der Waals surface area contributed by atoms with E-state index in [4.69, 9.17) is 0 Å². The normalized spacial score (nSPS) is 12.7. The quantitative estimate of drug-likeness (QED) is 0.531. The van der Waals surface area contributed by atoms with Gasteiger partial charge in [-0.25, -0.2) is 4.39 Å². The Bertz CT molecular complexity index is 576. The van der Waals surface area contributed by atoms with Crippen LogP contribution in [0.25, 0.3) is 0 Å². The maximum atomic E-state index is 13.9. The third-order valence-electron chi connectivity index (χ3n) is 3.15. The molecule has 2 aromatic carbocycles. The van der Waals surface area contributed by atoms with Crippen LogP contribution in [0.15, 0.2) is 46.9 Å². The van der Waals surface area contributed by atoms with Gasteiger partial charge in [-0.05, 0) is 41.7 Å². The van der Waals surface area contributed by atoms with Crippen LogP contribution in [0.3, 0.4) is 0 Å². The highest BCUT2D eigenvalue weighted by molar-refractivity contribution is 9.10. The molecule has 20 heavy (non-hydrogen) atoms. The van der Waals surface area contributed by atoms with E-state index in [2.05, 4.69) is 70.0 Å². The Morgan fingerprint density at radius 3 is 2.30 bits per heavy atom. The summed E-state index contributed by atoms with van der Waals surface area (Å²) in [6, 6.07) is 13.4. The maximum absolute atomic E-state index is 13.9. The molecule has 0 N–H and O–H groups in total. The molecule has 0 radical (unpaired) electrons. The minimum absolute atomic E-state index is 0.131. The van der Waals surface area contributed by atoms with Gasteiger partial charge >= 0.3 is 0 Å². The van der Waals surface area contributed by atoms with E-state index >= 15 is 0 Å². The van der Waals surface area contributed by atoms with Gasteiger partial charge in [-0.1, -0.05) is 70.0 Å². The summed E-state index contributed by atoms with van der Waals surface area (Å²) in [7, 11) is 0. The van der Waals surface area contributed by atoms with E-state index in [-0.39, 0.29) is 10.6 Å². The van der Waals surface area contributed by atoms with Gasteiger partial charge in [0.15, 0.2) is 0 Å². The first-order valence-electron chi connectivity index (χ1n) is 6.65. The highest BCUT2D eigenvalue weighted by atomic mass is 79.9. The maximum Gasteiger partial charge on any atom is 0.127 e. The molecule has 0 aromatic heterocycles. The Labute approximate surface area is 136 Å². The second kappa shape index (κ2) is 6.86. The van der Waals surface area contributed by atoms with Crippen molar-refractivity contribution in [2.75, 3.05) is 0 Å². The molecule has 0 heterocycles. The number of halogens is 3. The van der Waals surface area contributed by atoms with E-state index in [0.717, 1.165) is 16.5 Å². The average Bonchev–Trinajstić information content (AvgIpc) is 2.41. The van der Waals surface area contributed by atoms with Gasteiger partial charge in [0.2, 0.25) is 0 Å². The fraction of sp³-hybridized carbons (Fsp3) is 0.294. The molecule has 106 valence electrons. The van der Waals surface area contributed by atoms with Crippen LogP contribution in [0.2, 0.25) is 0 Å². The lowest BCUT2D eigenvalue weighted by Crippen LogP contribution is -1.98. The predicted octanol–water partition coefficient (Wildman–Crippen LogP) is 6.27. The number of benzene rings is 2. The molecule has 1 unspecified atom stereocenters. The van der Waals surface area contributed by atoms with Crippen LogP contribution < -0.4 is 0 Å². The molecule has 2 rings (SSSR count). The number of hydrogen-bond donors (Lipinski definition) is 0. The molecule has 1 atom stereocenters. The molecular weight excluding hydrogens is 383 g/mol. The molecule has 0 aliphatic heterocycles. The Balaban J connectivity index is 2.24. The standard InChI is InChI=1S/C17H17Br2F/c1-11(2)9-12-3-5-13(6-4-12)17(19)15-10-14(18)7-8-16(15)20/h3-8,10-11,17H,9H2,1-2H3. The molecule has 0 saturated heterocycles. The summed E-state index contributed by atoms with van der Waals surface area (Å²) in [5, 5.41) is 0. The van der Waals surface area contributed by atoms with Crippen molar-refractivity contribution in [1.82, 2.24) is 0 Å². The van der Waals surface area contributed by atoms with Gasteiger partial charge in [0.25, 0.3) is 0 Å². The summed E-state index contributed by atoms with van der Waals surface area (Å²) in [5.41, 5.74) is 3.03. The molecule has 0 fully saturated rings. The lowest BCUT2D eigenvalue weighted by molar-refractivity contribution is 0.613. The molecule has 0 bridgehead atoms. The van der Waals surface area contributed by atoms with E-state index in [1.165, 1.54) is 11.6 Å². The zero-order valence-corrected chi connectivity index (χ0v) is 14.7. The number of hydrogen-bond acceptors (Lipinski definition) is 0. The Hall–Kier alpha value is -0.670. The van der Waals surface area contributed by atoms with Crippen molar-refractivity contribution in [3.05, 3.63) is 69.4 Å². The van der Waals surface area contributed by atoms with E-state index in [1.807, 2.05) is 6.07 Å². The second-order valence-corrected chi connectivity index (χ2v) is 7.20. The molecule has 0 aliphatic carbocycles. The van der Waals surface area contributed by atoms with E-state index in [9.17, 15) is 4.39 Å². The van der Waals surface area contributed by atoms with Crippen LogP contribution in [0.1, 0.15) is 35.4 Å². The third-order valence-corrected chi connectivity index (χ3v) is 4.66. The van der Waals surface area contributed by atoms with E-state index in [0.29, 0.717) is 11.5 Å². The van der Waals surface area contributed by atoms with Crippen LogP contribution in [-0.2, 0) is 6.42 Å². The summed E-state index contributed by atoms with van der Waals surface area (Å²) >= 11 is 6.98. The Morgan fingerprint density at radius 2 is 1.70 bits per heavy atom. The lowest BCUT2D eigenvalue weighted by Gasteiger charge is -2.13. The van der Waals surface area contributed by atoms with Crippen LogP contribution in [0.4, 0.5) is 4.39 Å². The molecule has 0 saturated carbocycles. The number of alkyl halides is 1. The van der Waals surface area contributed by atoms with Gasteiger partial charge in [-0.15, -0.1) is 0 Å². The van der Waals surface area contributed by atoms with Crippen molar-refractivity contribution in [3.63, 3.8) is 0 Å². The first kappa shape index (κ1) is 15.7. The van der Waals surface area contributed by atoms with E-state index < -0.39 is 0 Å². The first-order valence-corrected chi connectivity index (χ1v) is 8.36. The summed E-state index contributed by atoms with van der Waals surface area (Å²) in [6.45, 7) is 4.41. The Kier molecular flexibility index (Phi) is 5.39. The fourth-order valence-corrected chi connectivity index (χ4v) is 3.22. The predicted molar refractivity (Wildman–Crippen MR) is 89.9 cm³/mol. The van der Waals surface area contributed by atoms with Gasteiger partial charge in [0.05, 0.1) is 4.83 Å². The van der Waals surface area contributed by atoms with E-state index in [1.54, 1.807) is 6.07 Å². The molecule has 0 amide bonds. The minimum Gasteiger partial charge on any atom is -0.207 e. The number of rotatable bonds is 4. The van der Waals surface area contributed by atoms with Crippen molar-refractivity contribution >= 4 is 31.9 Å². The lowest BCUT2D eigenvalue weighted by atomic mass is 9.99. The molecule has 0 nitrogen and oxygen atoms in total. The van der Waals surface area contributed by atoms with Crippen molar-refractivity contribution in [2.45, 2.75) is 25.1 Å². The van der Waals surface area contributed by atoms with Crippen LogP contribution in [0.5, 0.6) is 0 Å². The zero-order valence-electron chi connectivity index (χ0n) is 11.5. The average molecular weight is 400 g/mol. The van der Waals surface area contributed by atoms with Gasteiger partial charge in [-0.2, -0.15) is 0 Å². The zero-order chi connectivity index (χ0) is 14.7. The van der Waals surface area contributed by atoms with Gasteiger partial charge in [-0.3, -0.25) is 0 Å². The Morgan fingerprint density at radius 1 is 1.05 bits per heavy atom. The van der Waals surface area contributed by atoms with Crippen LogP contribution >= 0.6 is 31.9 Å². The van der Waals surface area contributed by atoms with Crippen molar-refractivity contribution in [1.29, 1.82) is 0 Å². The van der Waals surface area contributed by atoms with Crippen LogP contribution in [-0.4, -0.2) is 0 Å². The molecule has 2 aromatic rings. The smallest absolute Gasteiger partial charge is 0.127 e. The summed E-state index contributed by atoms with van der Waals surface area (Å²) in [4.78, 5) is -0.131. The fourth-order valence-electron chi connectivity index (χ4n) is 2.18. The van der Waals surface area contributed by atoms with Gasteiger partial charge in [0, 0.05) is 10.0 Å². The summed E-state index contributed by atoms with van der Waals surface area (Å²) in [5.74, 6) is 0.449. The molecule has 0 spiro atoms. The van der Waals surface area contributed by atoms with Crippen molar-refractivity contribution < 1.29 is 4.39 Å². The highest BCUT2D eigenvalue weighted by Crippen LogP contribution is 2.34. The largest absolute Gasteiger partial charge is 0.207 e. The minimum atomic E-state index is -0.193. The molecule has 0 aliphatic rings. The monoisotopic (exact) mass is 398 g/mol. The highest BCUT2D eigenvalue weighted by Gasteiger charge is 2.15. The summed E-state index contributed by atoms with van der Waals surface area (Å²) < 4.78 is 14.8. The van der Waals surface area contributed by atoms with Crippen LogP contribution in [0, 0.1) is 11.7 Å². The third kappa shape index (κ3) is 3.92. The first-order chi connectivity index (χ1) is 9.47. The topological polar surface area (TPSA) is 0 Å². The van der Waals surface area contributed by atoms with Crippen molar-refractivity contribution in [2.24, 2.45) is 5.92 Å².